The average Bonchev–Trinajstić information content (AvgIpc) is 3.39. The van der Waals surface area contributed by atoms with Gasteiger partial charge in [-0.3, -0.25) is 4.79 Å². The Morgan fingerprint density at radius 1 is 0.951 bits per heavy atom. The molecule has 4 unspecified atom stereocenters. The monoisotopic (exact) mass is 576 g/mol. The van der Waals surface area contributed by atoms with Gasteiger partial charge >= 0.3 is 0 Å². The average molecular weight is 577 g/mol. The summed E-state index contributed by atoms with van der Waals surface area (Å²) in [6.45, 7) is 17.5. The number of hydrogen-bond donors (Lipinski definition) is 3. The van der Waals surface area contributed by atoms with Gasteiger partial charge in [0.15, 0.2) is 17.4 Å². The minimum atomic E-state index is -1.20. The van der Waals surface area contributed by atoms with Crippen LogP contribution in [-0.2, 0) is 23.7 Å². The van der Waals surface area contributed by atoms with Gasteiger partial charge in [-0.2, -0.15) is 0 Å². The lowest BCUT2D eigenvalue weighted by Crippen LogP contribution is -2.66. The first-order valence-electron chi connectivity index (χ1n) is 15.8. The van der Waals surface area contributed by atoms with Crippen molar-refractivity contribution in [2.45, 2.75) is 160 Å². The van der Waals surface area contributed by atoms with Gasteiger partial charge in [-0.1, -0.05) is 13.8 Å². The summed E-state index contributed by atoms with van der Waals surface area (Å²) in [5.74, 6) is -2.16. The normalized spacial score (nSPS) is 52.0. The SMILES string of the molecule is CC(C)(O)CCC1OC(C)(C)O[C@]1(C)C1CC[C@@]2(O)C3=CC(=O)C4C[C@H]5OC(C)(C)O[C@H]5[C@@H](O)[C@]4(C)C3CC[C@]12C. The van der Waals surface area contributed by atoms with Crippen molar-refractivity contribution < 1.29 is 39.1 Å². The van der Waals surface area contributed by atoms with Gasteiger partial charge in [0.1, 0.15) is 6.10 Å². The van der Waals surface area contributed by atoms with Crippen molar-refractivity contribution in [3.63, 3.8) is 0 Å². The summed E-state index contributed by atoms with van der Waals surface area (Å²) in [6, 6.07) is 0. The number of carbonyl (C=O) groups is 1. The van der Waals surface area contributed by atoms with E-state index in [1.54, 1.807) is 6.08 Å². The Balaban J connectivity index is 1.35. The first-order chi connectivity index (χ1) is 18.7. The van der Waals surface area contributed by atoms with Gasteiger partial charge in [-0.05, 0) is 117 Å². The number of allylic oxidation sites excluding steroid dienone is 1. The van der Waals surface area contributed by atoms with Gasteiger partial charge in [0.25, 0.3) is 0 Å². The zero-order valence-electron chi connectivity index (χ0n) is 26.5. The van der Waals surface area contributed by atoms with E-state index in [-0.39, 0.29) is 35.7 Å². The van der Waals surface area contributed by atoms with Crippen molar-refractivity contribution in [3.05, 3.63) is 11.6 Å². The Morgan fingerprint density at radius 3 is 2.29 bits per heavy atom. The molecule has 3 N–H and O–H groups in total. The lowest BCUT2D eigenvalue weighted by atomic mass is 9.45. The molecule has 8 nitrogen and oxygen atoms in total. The number of aliphatic hydroxyl groups is 3. The molecule has 6 aliphatic rings. The smallest absolute Gasteiger partial charge is 0.164 e. The van der Waals surface area contributed by atoms with Gasteiger partial charge in [0, 0.05) is 16.7 Å². The summed E-state index contributed by atoms with van der Waals surface area (Å²) in [4.78, 5) is 13.9. The molecule has 232 valence electrons. The standard InChI is InChI=1S/C33H52O8/c1-27(2,36)13-12-24-32(9,41-29(5,6)39-24)23-11-15-33(37)19-16-21(34)20-17-22-25(40-28(3,4)38-22)26(35)31(20,8)18(19)10-14-30(23,33)7/h16,18,20,22-26,35-37H,10-15,17H2,1-9H3/t18?,20?,22-,23?,24?,25-,26-,30-,31-,32-,33-/m1/s1. The van der Waals surface area contributed by atoms with Gasteiger partial charge in [0.2, 0.25) is 0 Å². The quantitative estimate of drug-likeness (QED) is 0.451. The largest absolute Gasteiger partial charge is 0.390 e. The van der Waals surface area contributed by atoms with Crippen molar-refractivity contribution in [2.75, 3.05) is 0 Å². The van der Waals surface area contributed by atoms with E-state index in [4.69, 9.17) is 18.9 Å². The Labute approximate surface area is 245 Å². The van der Waals surface area contributed by atoms with E-state index in [1.165, 1.54) is 0 Å². The van der Waals surface area contributed by atoms with Gasteiger partial charge in [0.05, 0.1) is 35.1 Å². The van der Waals surface area contributed by atoms with Crippen LogP contribution in [0.3, 0.4) is 0 Å². The van der Waals surface area contributed by atoms with E-state index in [2.05, 4.69) is 13.8 Å². The molecule has 2 aliphatic heterocycles. The van der Waals surface area contributed by atoms with E-state index in [9.17, 15) is 20.1 Å². The second-order valence-electron chi connectivity index (χ2n) is 16.3. The van der Waals surface area contributed by atoms with Crippen LogP contribution in [0.2, 0.25) is 0 Å². The predicted molar refractivity (Wildman–Crippen MR) is 152 cm³/mol. The van der Waals surface area contributed by atoms with Crippen molar-refractivity contribution in [1.29, 1.82) is 0 Å². The maximum absolute atomic E-state index is 13.9. The van der Waals surface area contributed by atoms with Gasteiger partial charge in [-0.25, -0.2) is 0 Å². The molecule has 0 bridgehead atoms. The van der Waals surface area contributed by atoms with Gasteiger partial charge < -0.3 is 34.3 Å². The summed E-state index contributed by atoms with van der Waals surface area (Å²) >= 11 is 0. The van der Waals surface area contributed by atoms with E-state index in [1.807, 2.05) is 48.5 Å². The van der Waals surface area contributed by atoms with Crippen LogP contribution in [0.25, 0.3) is 0 Å². The molecule has 8 heteroatoms. The van der Waals surface area contributed by atoms with Crippen LogP contribution in [-0.4, -0.2) is 73.9 Å². The molecule has 6 rings (SSSR count). The Morgan fingerprint density at radius 2 is 1.63 bits per heavy atom. The van der Waals surface area contributed by atoms with E-state index < -0.39 is 51.4 Å². The maximum Gasteiger partial charge on any atom is 0.164 e. The molecule has 0 spiro atoms. The van der Waals surface area contributed by atoms with Crippen LogP contribution in [0.15, 0.2) is 11.6 Å². The third kappa shape index (κ3) is 4.22. The van der Waals surface area contributed by atoms with E-state index >= 15 is 0 Å². The molecule has 2 heterocycles. The summed E-state index contributed by atoms with van der Waals surface area (Å²) in [6.07, 6.45) is 4.28. The van der Waals surface area contributed by atoms with Crippen LogP contribution >= 0.6 is 0 Å². The Hall–Kier alpha value is -0.870. The highest BCUT2D eigenvalue weighted by Gasteiger charge is 2.73. The number of carbonyl (C=O) groups excluding carboxylic acids is 1. The molecule has 41 heavy (non-hydrogen) atoms. The molecular formula is C33H52O8. The number of hydrogen-bond acceptors (Lipinski definition) is 8. The molecule has 5 fully saturated rings. The molecule has 0 aromatic rings. The van der Waals surface area contributed by atoms with E-state index in [0.717, 1.165) is 24.8 Å². The fourth-order valence-electron chi connectivity index (χ4n) is 10.5. The zero-order valence-corrected chi connectivity index (χ0v) is 26.5. The minimum absolute atomic E-state index is 0.0240. The van der Waals surface area contributed by atoms with Crippen molar-refractivity contribution in [1.82, 2.24) is 0 Å². The Kier molecular flexibility index (Phi) is 6.52. The summed E-state index contributed by atoms with van der Waals surface area (Å²) in [5.41, 5.74) is -3.23. The number of fused-ring (bicyclic) bond motifs is 6. The molecule has 2 saturated heterocycles. The second kappa shape index (κ2) is 8.86. The summed E-state index contributed by atoms with van der Waals surface area (Å²) in [5, 5.41) is 35.1. The fourth-order valence-corrected chi connectivity index (χ4v) is 10.5. The van der Waals surface area contributed by atoms with Crippen LogP contribution in [0.5, 0.6) is 0 Å². The van der Waals surface area contributed by atoms with Crippen LogP contribution in [0, 0.1) is 28.6 Å². The molecule has 3 saturated carbocycles. The van der Waals surface area contributed by atoms with Crippen LogP contribution < -0.4 is 0 Å². The second-order valence-corrected chi connectivity index (χ2v) is 16.3. The first kappa shape index (κ1) is 30.2. The maximum atomic E-state index is 13.9. The lowest BCUT2D eigenvalue weighted by molar-refractivity contribution is -0.200. The zero-order chi connectivity index (χ0) is 30.2. The molecule has 4 aliphatic carbocycles. The lowest BCUT2D eigenvalue weighted by Gasteiger charge is -2.61. The topological polar surface area (TPSA) is 115 Å². The third-order valence-corrected chi connectivity index (χ3v) is 12.3. The van der Waals surface area contributed by atoms with Crippen LogP contribution in [0.4, 0.5) is 0 Å². The number of rotatable bonds is 4. The molecule has 0 aromatic carbocycles. The fraction of sp³-hybridized carbons (Fsp3) is 0.909. The Bertz CT molecular complexity index is 1140. The highest BCUT2D eigenvalue weighted by atomic mass is 16.8. The van der Waals surface area contributed by atoms with Crippen LogP contribution in [0.1, 0.15) is 107 Å². The van der Waals surface area contributed by atoms with Crippen molar-refractivity contribution >= 4 is 5.78 Å². The van der Waals surface area contributed by atoms with Gasteiger partial charge in [-0.15, -0.1) is 0 Å². The highest BCUT2D eigenvalue weighted by molar-refractivity contribution is 5.95. The summed E-state index contributed by atoms with van der Waals surface area (Å²) in [7, 11) is 0. The molecular weight excluding hydrogens is 524 g/mol. The molecule has 0 radical (unpaired) electrons. The van der Waals surface area contributed by atoms with Crippen molar-refractivity contribution in [2.24, 2.45) is 28.6 Å². The van der Waals surface area contributed by atoms with E-state index in [0.29, 0.717) is 25.7 Å². The molecule has 0 amide bonds. The number of ketones is 1. The minimum Gasteiger partial charge on any atom is -0.390 e. The number of aliphatic hydroxyl groups excluding tert-OH is 1. The third-order valence-electron chi connectivity index (χ3n) is 12.3. The number of ether oxygens (including phenoxy) is 4. The van der Waals surface area contributed by atoms with Crippen molar-refractivity contribution in [3.8, 4) is 0 Å². The first-order valence-corrected chi connectivity index (χ1v) is 15.8. The summed E-state index contributed by atoms with van der Waals surface area (Å²) < 4.78 is 25.5. The molecule has 0 aromatic heterocycles. The molecule has 11 atom stereocenters. The highest BCUT2D eigenvalue weighted by Crippen LogP contribution is 2.70. The predicted octanol–water partition coefficient (Wildman–Crippen LogP) is 4.42.